The number of amides is 2. The van der Waals surface area contributed by atoms with Gasteiger partial charge in [-0.05, 0) is 25.0 Å². The van der Waals surface area contributed by atoms with Gasteiger partial charge in [0.05, 0.1) is 24.1 Å². The maximum atomic E-state index is 12.2. The van der Waals surface area contributed by atoms with Crippen LogP contribution in [0, 0.1) is 5.41 Å². The number of para-hydroxylation sites is 2. The van der Waals surface area contributed by atoms with Gasteiger partial charge < -0.3 is 20.9 Å². The lowest BCUT2D eigenvalue weighted by Gasteiger charge is -2.36. The van der Waals surface area contributed by atoms with Gasteiger partial charge >= 0.3 is 5.97 Å². The van der Waals surface area contributed by atoms with E-state index in [2.05, 4.69) is 5.32 Å². The molecule has 0 spiro atoms. The van der Waals surface area contributed by atoms with E-state index in [0.717, 1.165) is 6.42 Å². The highest BCUT2D eigenvalue weighted by atomic mass is 16.5. The molecule has 0 aromatic heterocycles. The van der Waals surface area contributed by atoms with Crippen LogP contribution in [0.2, 0.25) is 0 Å². The Kier molecular flexibility index (Phi) is 5.20. The van der Waals surface area contributed by atoms with Crippen molar-refractivity contribution in [2.45, 2.75) is 32.1 Å². The number of primary amides is 1. The number of hydrogen-bond acceptors (Lipinski definition) is 4. The van der Waals surface area contributed by atoms with Crippen LogP contribution >= 0.6 is 0 Å². The Morgan fingerprint density at radius 2 is 1.96 bits per heavy atom. The molecule has 4 N–H and O–H groups in total. The summed E-state index contributed by atoms with van der Waals surface area (Å²) in [5, 5.41) is 12.0. The molecule has 23 heavy (non-hydrogen) atoms. The highest BCUT2D eigenvalue weighted by Gasteiger charge is 2.45. The second-order valence-corrected chi connectivity index (χ2v) is 5.72. The first-order chi connectivity index (χ1) is 10.9. The maximum Gasteiger partial charge on any atom is 0.310 e. The number of carboxylic acid groups (broad SMARTS) is 1. The fraction of sp³-hybridized carbons (Fsp3) is 0.438. The number of rotatable bonds is 8. The Balaban J connectivity index is 1.98. The van der Waals surface area contributed by atoms with Gasteiger partial charge in [0.15, 0.2) is 0 Å². The summed E-state index contributed by atoms with van der Waals surface area (Å²) in [4.78, 5) is 34.2. The monoisotopic (exact) mass is 320 g/mol. The van der Waals surface area contributed by atoms with Crippen molar-refractivity contribution in [2.24, 2.45) is 11.1 Å². The minimum atomic E-state index is -0.939. The number of aliphatic carboxylic acids is 1. The summed E-state index contributed by atoms with van der Waals surface area (Å²) in [5.74, 6) is -1.34. The molecule has 1 aliphatic rings. The van der Waals surface area contributed by atoms with E-state index in [-0.39, 0.29) is 25.4 Å². The molecule has 0 atom stereocenters. The molecule has 1 fully saturated rings. The zero-order chi connectivity index (χ0) is 16.9. The largest absolute Gasteiger partial charge is 0.491 e. The third kappa shape index (κ3) is 4.21. The Morgan fingerprint density at radius 3 is 2.52 bits per heavy atom. The molecule has 1 aromatic rings. The molecule has 0 heterocycles. The van der Waals surface area contributed by atoms with E-state index in [9.17, 15) is 19.5 Å². The van der Waals surface area contributed by atoms with Crippen molar-refractivity contribution in [2.75, 3.05) is 11.9 Å². The molecule has 1 saturated carbocycles. The van der Waals surface area contributed by atoms with Crippen LogP contribution < -0.4 is 15.8 Å². The van der Waals surface area contributed by atoms with E-state index in [1.54, 1.807) is 24.3 Å². The van der Waals surface area contributed by atoms with Gasteiger partial charge in [0.1, 0.15) is 5.75 Å². The summed E-state index contributed by atoms with van der Waals surface area (Å²) in [7, 11) is 0. The number of benzene rings is 1. The molecule has 0 saturated heterocycles. The zero-order valence-corrected chi connectivity index (χ0v) is 12.7. The summed E-state index contributed by atoms with van der Waals surface area (Å²) >= 11 is 0. The molecular weight excluding hydrogens is 300 g/mol. The predicted octanol–water partition coefficient (Wildman–Crippen LogP) is 1.52. The van der Waals surface area contributed by atoms with Gasteiger partial charge in [-0.2, -0.15) is 0 Å². The van der Waals surface area contributed by atoms with E-state index in [1.165, 1.54) is 0 Å². The van der Waals surface area contributed by atoms with Crippen molar-refractivity contribution in [3.05, 3.63) is 24.3 Å². The predicted molar refractivity (Wildman–Crippen MR) is 82.9 cm³/mol. The lowest BCUT2D eigenvalue weighted by molar-refractivity contribution is -0.157. The smallest absolute Gasteiger partial charge is 0.310 e. The standard InChI is InChI=1S/C16H20N2O5/c17-13(19)6-9-23-12-5-2-1-4-11(12)18-14(20)10-16(15(21)22)7-3-8-16/h1-2,4-5H,3,6-10H2,(H2,17,19)(H,18,20)(H,21,22). The van der Waals surface area contributed by atoms with Gasteiger partial charge in [-0.15, -0.1) is 0 Å². The second kappa shape index (κ2) is 7.13. The van der Waals surface area contributed by atoms with Crippen LogP contribution in [0.25, 0.3) is 0 Å². The average molecular weight is 320 g/mol. The third-order valence-corrected chi connectivity index (χ3v) is 4.03. The number of ether oxygens (including phenoxy) is 1. The van der Waals surface area contributed by atoms with Crippen LogP contribution in [0.15, 0.2) is 24.3 Å². The average Bonchev–Trinajstić information content (AvgIpc) is 2.44. The minimum Gasteiger partial charge on any atom is -0.491 e. The normalized spacial score (nSPS) is 15.3. The summed E-state index contributed by atoms with van der Waals surface area (Å²) in [6, 6.07) is 6.78. The zero-order valence-electron chi connectivity index (χ0n) is 12.7. The van der Waals surface area contributed by atoms with Crippen LogP contribution in [0.4, 0.5) is 5.69 Å². The fourth-order valence-corrected chi connectivity index (χ4v) is 2.53. The van der Waals surface area contributed by atoms with Crippen molar-refractivity contribution >= 4 is 23.5 Å². The molecule has 2 rings (SSSR count). The highest BCUT2D eigenvalue weighted by molar-refractivity contribution is 5.95. The van der Waals surface area contributed by atoms with Crippen molar-refractivity contribution in [3.8, 4) is 5.75 Å². The Labute approximate surface area is 133 Å². The van der Waals surface area contributed by atoms with Crippen LogP contribution in [0.3, 0.4) is 0 Å². The number of carbonyl (C=O) groups excluding carboxylic acids is 2. The first-order valence-corrected chi connectivity index (χ1v) is 7.46. The van der Waals surface area contributed by atoms with E-state index in [1.807, 2.05) is 0 Å². The third-order valence-electron chi connectivity index (χ3n) is 4.03. The topological polar surface area (TPSA) is 119 Å². The van der Waals surface area contributed by atoms with Gasteiger partial charge in [-0.1, -0.05) is 18.6 Å². The van der Waals surface area contributed by atoms with Gasteiger partial charge in [-0.3, -0.25) is 14.4 Å². The van der Waals surface area contributed by atoms with Crippen molar-refractivity contribution < 1.29 is 24.2 Å². The Morgan fingerprint density at radius 1 is 1.26 bits per heavy atom. The molecule has 0 aliphatic heterocycles. The summed E-state index contributed by atoms with van der Waals surface area (Å²) in [5.41, 5.74) is 4.56. The number of anilines is 1. The number of nitrogens with two attached hydrogens (primary N) is 1. The quantitative estimate of drug-likeness (QED) is 0.671. The first kappa shape index (κ1) is 16.8. The van der Waals surface area contributed by atoms with Crippen molar-refractivity contribution in [3.63, 3.8) is 0 Å². The van der Waals surface area contributed by atoms with E-state index in [0.29, 0.717) is 24.3 Å². The van der Waals surface area contributed by atoms with E-state index >= 15 is 0 Å². The minimum absolute atomic E-state index is 0.0576. The number of nitrogens with one attached hydrogen (secondary N) is 1. The summed E-state index contributed by atoms with van der Waals surface area (Å²) in [6.45, 7) is 0.112. The number of carbonyl (C=O) groups is 3. The van der Waals surface area contributed by atoms with E-state index < -0.39 is 17.3 Å². The van der Waals surface area contributed by atoms with Gasteiger partial charge in [0.2, 0.25) is 11.8 Å². The van der Waals surface area contributed by atoms with Gasteiger partial charge in [0.25, 0.3) is 0 Å². The van der Waals surface area contributed by atoms with Gasteiger partial charge in [0, 0.05) is 6.42 Å². The Bertz CT molecular complexity index is 610. The first-order valence-electron chi connectivity index (χ1n) is 7.46. The molecule has 7 nitrogen and oxygen atoms in total. The van der Waals surface area contributed by atoms with Crippen LogP contribution in [-0.2, 0) is 14.4 Å². The molecule has 1 aliphatic carbocycles. The van der Waals surface area contributed by atoms with Crippen LogP contribution in [-0.4, -0.2) is 29.5 Å². The van der Waals surface area contributed by atoms with Crippen molar-refractivity contribution in [1.82, 2.24) is 0 Å². The molecule has 124 valence electrons. The number of carboxylic acids is 1. The van der Waals surface area contributed by atoms with Crippen LogP contribution in [0.5, 0.6) is 5.75 Å². The summed E-state index contributed by atoms with van der Waals surface area (Å²) in [6.07, 6.45) is 1.88. The molecular formula is C16H20N2O5. The SMILES string of the molecule is NC(=O)CCOc1ccccc1NC(=O)CC1(C(=O)O)CCC1. The maximum absolute atomic E-state index is 12.2. The molecule has 2 amide bonds. The Hall–Kier alpha value is -2.57. The van der Waals surface area contributed by atoms with Gasteiger partial charge in [-0.25, -0.2) is 0 Å². The molecule has 0 unspecified atom stereocenters. The van der Waals surface area contributed by atoms with E-state index in [4.69, 9.17) is 10.5 Å². The van der Waals surface area contributed by atoms with Crippen molar-refractivity contribution in [1.29, 1.82) is 0 Å². The molecule has 7 heteroatoms. The number of hydrogen-bond donors (Lipinski definition) is 3. The molecule has 1 aromatic carbocycles. The lowest BCUT2D eigenvalue weighted by atomic mass is 9.66. The lowest BCUT2D eigenvalue weighted by Crippen LogP contribution is -2.41. The summed E-state index contributed by atoms with van der Waals surface area (Å²) < 4.78 is 5.43. The molecule has 0 bridgehead atoms. The van der Waals surface area contributed by atoms with Crippen LogP contribution in [0.1, 0.15) is 32.1 Å². The molecule has 0 radical (unpaired) electrons. The fourth-order valence-electron chi connectivity index (χ4n) is 2.53. The highest BCUT2D eigenvalue weighted by Crippen LogP contribution is 2.44. The second-order valence-electron chi connectivity index (χ2n) is 5.72.